The fourth-order valence-corrected chi connectivity index (χ4v) is 2.36. The number of esters is 1. The van der Waals surface area contributed by atoms with Crippen LogP contribution in [0.3, 0.4) is 0 Å². The maximum Gasteiger partial charge on any atom is 0.407 e. The van der Waals surface area contributed by atoms with Gasteiger partial charge in [0.1, 0.15) is 5.60 Å². The number of carbonyl (C=O) groups excluding carboxylic acids is 4. The van der Waals surface area contributed by atoms with Crippen LogP contribution in [-0.2, 0) is 23.9 Å². The summed E-state index contributed by atoms with van der Waals surface area (Å²) in [5.74, 6) is -2.12. The van der Waals surface area contributed by atoms with Crippen LogP contribution in [-0.4, -0.2) is 59.2 Å². The standard InChI is InChI=1S/C17H27FN2O6/c1-10(2)25-14(22)8-11(19-16(24)26-17(3,4)5)9-20-13(21)7-6-12(18)15(20)23/h10-12H,6-9H2,1-5H3,(H,19,24). The average Bonchev–Trinajstić information content (AvgIpc) is 2.44. The van der Waals surface area contributed by atoms with Crippen molar-refractivity contribution in [3.8, 4) is 0 Å². The van der Waals surface area contributed by atoms with Gasteiger partial charge in [-0.25, -0.2) is 9.18 Å². The fraction of sp³-hybridized carbons (Fsp3) is 0.765. The number of carbonyl (C=O) groups is 4. The Bertz CT molecular complexity index is 558. The average molecular weight is 374 g/mol. The molecule has 26 heavy (non-hydrogen) atoms. The number of halogens is 1. The highest BCUT2D eigenvalue weighted by atomic mass is 19.1. The van der Waals surface area contributed by atoms with Gasteiger partial charge in [-0.3, -0.25) is 19.3 Å². The van der Waals surface area contributed by atoms with Gasteiger partial charge in [0.15, 0.2) is 6.17 Å². The Hall–Kier alpha value is -2.19. The number of ether oxygens (including phenoxy) is 2. The van der Waals surface area contributed by atoms with Crippen molar-refractivity contribution in [3.63, 3.8) is 0 Å². The Balaban J connectivity index is 2.85. The highest BCUT2D eigenvalue weighted by molar-refractivity contribution is 6.00. The van der Waals surface area contributed by atoms with Gasteiger partial charge in [-0.1, -0.05) is 0 Å². The summed E-state index contributed by atoms with van der Waals surface area (Å²) in [7, 11) is 0. The van der Waals surface area contributed by atoms with Crippen LogP contribution in [0.5, 0.6) is 0 Å². The number of hydrogen-bond acceptors (Lipinski definition) is 6. The molecule has 1 heterocycles. The molecule has 2 unspecified atom stereocenters. The molecule has 1 saturated heterocycles. The second-order valence-electron chi connectivity index (χ2n) is 7.43. The van der Waals surface area contributed by atoms with Gasteiger partial charge in [-0.15, -0.1) is 0 Å². The molecule has 1 N–H and O–H groups in total. The highest BCUT2D eigenvalue weighted by Crippen LogP contribution is 2.17. The fourth-order valence-electron chi connectivity index (χ4n) is 2.36. The van der Waals surface area contributed by atoms with E-state index in [1.54, 1.807) is 34.6 Å². The van der Waals surface area contributed by atoms with Gasteiger partial charge in [0, 0.05) is 13.0 Å². The third-order valence-electron chi connectivity index (χ3n) is 3.35. The number of alkyl halides is 1. The van der Waals surface area contributed by atoms with E-state index in [1.807, 2.05) is 0 Å². The van der Waals surface area contributed by atoms with Crippen molar-refractivity contribution in [3.05, 3.63) is 0 Å². The topological polar surface area (TPSA) is 102 Å². The molecule has 0 aromatic carbocycles. The molecule has 1 aliphatic heterocycles. The van der Waals surface area contributed by atoms with Crippen molar-refractivity contribution in [1.82, 2.24) is 10.2 Å². The zero-order valence-corrected chi connectivity index (χ0v) is 15.8. The number of likely N-dealkylation sites (tertiary alicyclic amines) is 1. The summed E-state index contributed by atoms with van der Waals surface area (Å²) in [6.07, 6.45) is -3.49. The number of alkyl carbamates (subject to hydrolysis) is 1. The summed E-state index contributed by atoms with van der Waals surface area (Å²) in [4.78, 5) is 48.5. The van der Waals surface area contributed by atoms with E-state index in [4.69, 9.17) is 9.47 Å². The lowest BCUT2D eigenvalue weighted by molar-refractivity contribution is -0.155. The predicted molar refractivity (Wildman–Crippen MR) is 89.9 cm³/mol. The lowest BCUT2D eigenvalue weighted by Crippen LogP contribution is -2.53. The Morgan fingerprint density at radius 3 is 2.46 bits per heavy atom. The summed E-state index contributed by atoms with van der Waals surface area (Å²) in [5.41, 5.74) is -0.770. The van der Waals surface area contributed by atoms with Crippen LogP contribution in [0.2, 0.25) is 0 Å². The molecule has 0 saturated carbocycles. The van der Waals surface area contributed by atoms with E-state index in [2.05, 4.69) is 5.32 Å². The maximum absolute atomic E-state index is 13.6. The number of piperidine rings is 1. The van der Waals surface area contributed by atoms with Gasteiger partial charge in [0.2, 0.25) is 5.91 Å². The highest BCUT2D eigenvalue weighted by Gasteiger charge is 2.36. The minimum Gasteiger partial charge on any atom is -0.463 e. The number of amides is 3. The molecule has 0 spiro atoms. The number of imide groups is 1. The van der Waals surface area contributed by atoms with Crippen LogP contribution in [0.25, 0.3) is 0 Å². The minimum absolute atomic E-state index is 0.109. The Morgan fingerprint density at radius 1 is 1.31 bits per heavy atom. The summed E-state index contributed by atoms with van der Waals surface area (Å²) in [5, 5.41) is 2.45. The van der Waals surface area contributed by atoms with Gasteiger partial charge < -0.3 is 14.8 Å². The van der Waals surface area contributed by atoms with Gasteiger partial charge in [-0.2, -0.15) is 0 Å². The van der Waals surface area contributed by atoms with Crippen molar-refractivity contribution in [1.29, 1.82) is 0 Å². The molecule has 2 atom stereocenters. The normalized spacial score (nSPS) is 19.3. The summed E-state index contributed by atoms with van der Waals surface area (Å²) >= 11 is 0. The second kappa shape index (κ2) is 8.95. The molecule has 148 valence electrons. The van der Waals surface area contributed by atoms with Crippen molar-refractivity contribution < 1.29 is 33.0 Å². The van der Waals surface area contributed by atoms with Gasteiger partial charge >= 0.3 is 12.1 Å². The van der Waals surface area contributed by atoms with Crippen molar-refractivity contribution in [2.45, 2.75) is 77.8 Å². The first-order valence-electron chi connectivity index (χ1n) is 8.56. The third kappa shape index (κ3) is 7.37. The lowest BCUT2D eigenvalue weighted by atomic mass is 10.1. The van der Waals surface area contributed by atoms with Crippen LogP contribution in [0.1, 0.15) is 53.9 Å². The molecular formula is C17H27FN2O6. The summed E-state index contributed by atoms with van der Waals surface area (Å²) in [6.45, 7) is 8.00. The van der Waals surface area contributed by atoms with E-state index in [0.29, 0.717) is 0 Å². The van der Waals surface area contributed by atoms with Crippen LogP contribution in [0.4, 0.5) is 9.18 Å². The predicted octanol–water partition coefficient (Wildman–Crippen LogP) is 1.71. The molecule has 8 nitrogen and oxygen atoms in total. The van der Waals surface area contributed by atoms with Crippen molar-refractivity contribution >= 4 is 23.9 Å². The Morgan fingerprint density at radius 2 is 1.92 bits per heavy atom. The van der Waals surface area contributed by atoms with Gasteiger partial charge in [0.05, 0.1) is 18.6 Å². The van der Waals surface area contributed by atoms with Crippen LogP contribution in [0, 0.1) is 0 Å². The molecular weight excluding hydrogens is 347 g/mol. The van der Waals surface area contributed by atoms with E-state index in [-0.39, 0.29) is 31.9 Å². The minimum atomic E-state index is -1.77. The quantitative estimate of drug-likeness (QED) is 0.561. The van der Waals surface area contributed by atoms with Crippen molar-refractivity contribution in [2.75, 3.05) is 6.54 Å². The van der Waals surface area contributed by atoms with Crippen molar-refractivity contribution in [2.24, 2.45) is 0 Å². The first-order chi connectivity index (χ1) is 11.9. The number of nitrogens with zero attached hydrogens (tertiary/aromatic N) is 1. The number of nitrogens with one attached hydrogen (secondary N) is 1. The Labute approximate surface area is 152 Å². The number of hydrogen-bond donors (Lipinski definition) is 1. The molecule has 1 rings (SSSR count). The molecule has 0 aromatic heterocycles. The first-order valence-corrected chi connectivity index (χ1v) is 8.56. The second-order valence-corrected chi connectivity index (χ2v) is 7.43. The van der Waals surface area contributed by atoms with E-state index in [9.17, 15) is 23.6 Å². The van der Waals surface area contributed by atoms with E-state index in [1.165, 1.54) is 0 Å². The largest absolute Gasteiger partial charge is 0.463 e. The summed E-state index contributed by atoms with van der Waals surface area (Å²) in [6, 6.07) is -0.950. The lowest BCUT2D eigenvalue weighted by Gasteiger charge is -2.31. The summed E-state index contributed by atoms with van der Waals surface area (Å²) < 4.78 is 23.8. The van der Waals surface area contributed by atoms with E-state index in [0.717, 1.165) is 4.90 Å². The smallest absolute Gasteiger partial charge is 0.407 e. The molecule has 9 heteroatoms. The molecule has 1 fully saturated rings. The SMILES string of the molecule is CC(C)OC(=O)CC(CN1C(=O)CCC(F)C1=O)NC(=O)OC(C)(C)C. The molecule has 1 aliphatic rings. The monoisotopic (exact) mass is 374 g/mol. The van der Waals surface area contributed by atoms with E-state index < -0.39 is 41.7 Å². The molecule has 0 bridgehead atoms. The van der Waals surface area contributed by atoms with Gasteiger partial charge in [-0.05, 0) is 41.0 Å². The zero-order valence-electron chi connectivity index (χ0n) is 15.8. The zero-order chi connectivity index (χ0) is 20.1. The number of rotatable bonds is 6. The molecule has 0 radical (unpaired) electrons. The maximum atomic E-state index is 13.6. The molecule has 0 aliphatic carbocycles. The van der Waals surface area contributed by atoms with Crippen LogP contribution < -0.4 is 5.32 Å². The first kappa shape index (κ1) is 21.9. The third-order valence-corrected chi connectivity index (χ3v) is 3.35. The molecule has 0 aromatic rings. The van der Waals surface area contributed by atoms with E-state index >= 15 is 0 Å². The van der Waals surface area contributed by atoms with Crippen LogP contribution >= 0.6 is 0 Å². The van der Waals surface area contributed by atoms with Gasteiger partial charge in [0.25, 0.3) is 5.91 Å². The molecule has 3 amide bonds. The van der Waals surface area contributed by atoms with Crippen LogP contribution in [0.15, 0.2) is 0 Å². The Kier molecular flexibility index (Phi) is 7.53.